The number of benzene rings is 3. The van der Waals surface area contributed by atoms with Crippen molar-refractivity contribution in [2.45, 2.75) is 22.6 Å². The first kappa shape index (κ1) is 27.1. The number of carbonyl (C=O) groups excluding carboxylic acids is 1. The van der Waals surface area contributed by atoms with Crippen molar-refractivity contribution < 1.29 is 26.4 Å². The van der Waals surface area contributed by atoms with Gasteiger partial charge in [0.15, 0.2) is 0 Å². The summed E-state index contributed by atoms with van der Waals surface area (Å²) in [7, 11) is -6.69. The van der Waals surface area contributed by atoms with E-state index in [9.17, 15) is 21.6 Å². The topological polar surface area (TPSA) is 122 Å². The standard InChI is InChI=1S/C24H23Cl2N3O6S2/c1-35-23-11-9-19(15-20(23)24(30)29-12-2-3-13-29)37(33,34)27-17-5-7-18(8-6-17)36(31,32)28-22-10-4-16(25)14-21(22)26/h4-11,14-15,27-28H,2-3,12-13H2,1H3. The first-order valence-corrected chi connectivity index (χ1v) is 14.8. The van der Waals surface area contributed by atoms with Gasteiger partial charge in [-0.1, -0.05) is 23.2 Å². The third-order valence-electron chi connectivity index (χ3n) is 5.70. The molecule has 1 heterocycles. The smallest absolute Gasteiger partial charge is 0.261 e. The van der Waals surface area contributed by atoms with Gasteiger partial charge in [-0.3, -0.25) is 14.2 Å². The van der Waals surface area contributed by atoms with Crippen LogP contribution < -0.4 is 14.2 Å². The molecule has 13 heteroatoms. The summed E-state index contributed by atoms with van der Waals surface area (Å²) >= 11 is 11.9. The Kier molecular flexibility index (Phi) is 7.88. The predicted molar refractivity (Wildman–Crippen MR) is 143 cm³/mol. The summed E-state index contributed by atoms with van der Waals surface area (Å²) in [4.78, 5) is 14.3. The summed E-state index contributed by atoms with van der Waals surface area (Å²) in [5, 5.41) is 0.483. The molecular formula is C24H23Cl2N3O6S2. The van der Waals surface area contributed by atoms with Crippen LogP contribution >= 0.6 is 23.2 Å². The maximum absolute atomic E-state index is 13.1. The first-order chi connectivity index (χ1) is 17.5. The summed E-state index contributed by atoms with van der Waals surface area (Å²) in [6.07, 6.45) is 1.78. The number of methoxy groups -OCH3 is 1. The van der Waals surface area contributed by atoms with E-state index in [1.165, 1.54) is 67.8 Å². The molecule has 0 saturated carbocycles. The molecule has 0 spiro atoms. The van der Waals surface area contributed by atoms with Crippen molar-refractivity contribution in [3.05, 3.63) is 76.3 Å². The molecule has 1 amide bonds. The zero-order valence-corrected chi connectivity index (χ0v) is 22.7. The third-order valence-corrected chi connectivity index (χ3v) is 9.01. The van der Waals surface area contributed by atoms with E-state index in [1.54, 1.807) is 4.90 Å². The predicted octanol–water partition coefficient (Wildman–Crippen LogP) is 4.84. The molecule has 3 aromatic carbocycles. The highest BCUT2D eigenvalue weighted by atomic mass is 35.5. The Morgan fingerprint density at radius 1 is 0.838 bits per heavy atom. The number of nitrogens with zero attached hydrogens (tertiary/aromatic N) is 1. The van der Waals surface area contributed by atoms with Gasteiger partial charge in [0, 0.05) is 23.8 Å². The van der Waals surface area contributed by atoms with E-state index in [4.69, 9.17) is 27.9 Å². The summed E-state index contributed by atoms with van der Waals surface area (Å²) in [5.74, 6) is -0.0204. The van der Waals surface area contributed by atoms with Crippen LogP contribution in [0, 0.1) is 0 Å². The monoisotopic (exact) mass is 583 g/mol. The molecule has 0 atom stereocenters. The number of likely N-dealkylation sites (tertiary alicyclic amines) is 1. The van der Waals surface area contributed by atoms with E-state index in [-0.39, 0.29) is 43.4 Å². The first-order valence-electron chi connectivity index (χ1n) is 11.1. The molecule has 9 nitrogen and oxygen atoms in total. The molecule has 0 unspecified atom stereocenters. The molecule has 1 aliphatic heterocycles. The van der Waals surface area contributed by atoms with Crippen LogP contribution in [0.1, 0.15) is 23.2 Å². The van der Waals surface area contributed by atoms with Crippen LogP contribution in [0.25, 0.3) is 0 Å². The Morgan fingerprint density at radius 3 is 2.08 bits per heavy atom. The van der Waals surface area contributed by atoms with Gasteiger partial charge in [-0.25, -0.2) is 16.8 Å². The summed E-state index contributed by atoms with van der Waals surface area (Å²) in [6.45, 7) is 1.21. The van der Waals surface area contributed by atoms with E-state index in [0.29, 0.717) is 18.1 Å². The van der Waals surface area contributed by atoms with Gasteiger partial charge < -0.3 is 9.64 Å². The molecule has 1 saturated heterocycles. The number of sulfonamides is 2. The number of halogens is 2. The van der Waals surface area contributed by atoms with Crippen LogP contribution in [0.2, 0.25) is 10.0 Å². The Hall–Kier alpha value is -2.99. The minimum Gasteiger partial charge on any atom is -0.496 e. The number of carbonyl (C=O) groups is 1. The lowest BCUT2D eigenvalue weighted by Crippen LogP contribution is -2.28. The normalized spacial score (nSPS) is 13.9. The largest absolute Gasteiger partial charge is 0.496 e. The minimum absolute atomic E-state index is 0.107. The van der Waals surface area contributed by atoms with Gasteiger partial charge in [0.1, 0.15) is 5.75 Å². The van der Waals surface area contributed by atoms with E-state index in [2.05, 4.69) is 9.44 Å². The van der Waals surface area contributed by atoms with Crippen LogP contribution in [0.3, 0.4) is 0 Å². The van der Waals surface area contributed by atoms with Gasteiger partial charge in [-0.15, -0.1) is 0 Å². The summed E-state index contributed by atoms with van der Waals surface area (Å²) in [6, 6.07) is 13.5. The molecule has 1 aliphatic rings. The lowest BCUT2D eigenvalue weighted by molar-refractivity contribution is 0.0789. The highest BCUT2D eigenvalue weighted by Gasteiger charge is 2.25. The van der Waals surface area contributed by atoms with Crippen molar-refractivity contribution in [1.82, 2.24) is 4.90 Å². The average Bonchev–Trinajstić information content (AvgIpc) is 3.40. The van der Waals surface area contributed by atoms with Gasteiger partial charge in [0.05, 0.1) is 33.2 Å². The van der Waals surface area contributed by atoms with E-state index < -0.39 is 20.0 Å². The van der Waals surface area contributed by atoms with Crippen LogP contribution in [0.4, 0.5) is 11.4 Å². The Labute approximate surface area is 225 Å². The Balaban J connectivity index is 1.54. The van der Waals surface area contributed by atoms with Gasteiger partial charge in [-0.2, -0.15) is 0 Å². The fourth-order valence-electron chi connectivity index (χ4n) is 3.80. The van der Waals surface area contributed by atoms with Gasteiger partial charge >= 0.3 is 0 Å². The molecule has 37 heavy (non-hydrogen) atoms. The van der Waals surface area contributed by atoms with Gasteiger partial charge in [0.25, 0.3) is 26.0 Å². The van der Waals surface area contributed by atoms with Gasteiger partial charge in [0.2, 0.25) is 0 Å². The lowest BCUT2D eigenvalue weighted by Gasteiger charge is -2.18. The minimum atomic E-state index is -4.10. The van der Waals surface area contributed by atoms with Crippen molar-refractivity contribution in [3.8, 4) is 5.75 Å². The molecule has 0 bridgehead atoms. The van der Waals surface area contributed by atoms with Crippen LogP contribution in [-0.4, -0.2) is 47.8 Å². The highest BCUT2D eigenvalue weighted by molar-refractivity contribution is 7.93. The van der Waals surface area contributed by atoms with E-state index in [1.807, 2.05) is 0 Å². The third kappa shape index (κ3) is 6.12. The van der Waals surface area contributed by atoms with Crippen LogP contribution in [-0.2, 0) is 20.0 Å². The fourth-order valence-corrected chi connectivity index (χ4v) is 6.48. The summed E-state index contributed by atoms with van der Waals surface area (Å²) in [5.41, 5.74) is 0.432. The lowest BCUT2D eigenvalue weighted by atomic mass is 10.1. The number of ether oxygens (including phenoxy) is 1. The Bertz CT molecular complexity index is 1540. The van der Waals surface area contributed by atoms with Crippen molar-refractivity contribution in [3.63, 3.8) is 0 Å². The molecule has 2 N–H and O–H groups in total. The fraction of sp³-hybridized carbons (Fsp3) is 0.208. The number of hydrogen-bond donors (Lipinski definition) is 2. The van der Waals surface area contributed by atoms with E-state index >= 15 is 0 Å². The molecule has 0 radical (unpaired) electrons. The number of anilines is 2. The van der Waals surface area contributed by atoms with Crippen molar-refractivity contribution in [1.29, 1.82) is 0 Å². The second-order valence-electron chi connectivity index (χ2n) is 8.22. The molecule has 1 fully saturated rings. The van der Waals surface area contributed by atoms with Crippen LogP contribution in [0.15, 0.2) is 70.5 Å². The van der Waals surface area contributed by atoms with E-state index in [0.717, 1.165) is 12.8 Å². The Morgan fingerprint density at radius 2 is 1.46 bits per heavy atom. The molecule has 4 rings (SSSR count). The van der Waals surface area contributed by atoms with Gasteiger partial charge in [-0.05, 0) is 73.5 Å². The molecule has 3 aromatic rings. The molecule has 196 valence electrons. The molecule has 0 aromatic heterocycles. The zero-order valence-electron chi connectivity index (χ0n) is 19.6. The zero-order chi connectivity index (χ0) is 26.8. The SMILES string of the molecule is COc1ccc(S(=O)(=O)Nc2ccc(S(=O)(=O)Nc3ccc(Cl)cc3Cl)cc2)cc1C(=O)N1CCCC1. The van der Waals surface area contributed by atoms with Crippen molar-refractivity contribution in [2.75, 3.05) is 29.6 Å². The highest BCUT2D eigenvalue weighted by Crippen LogP contribution is 2.29. The number of rotatable bonds is 8. The van der Waals surface area contributed by atoms with Crippen LogP contribution in [0.5, 0.6) is 5.75 Å². The number of amides is 1. The second kappa shape index (κ2) is 10.8. The quantitative estimate of drug-likeness (QED) is 0.391. The average molecular weight is 585 g/mol. The summed E-state index contributed by atoms with van der Waals surface area (Å²) < 4.78 is 61.6. The maximum atomic E-state index is 13.1. The maximum Gasteiger partial charge on any atom is 0.261 e. The van der Waals surface area contributed by atoms with Crippen molar-refractivity contribution >= 4 is 60.5 Å². The molecule has 0 aliphatic carbocycles. The second-order valence-corrected chi connectivity index (χ2v) is 12.4. The number of nitrogens with one attached hydrogen (secondary N) is 2. The molecular weight excluding hydrogens is 561 g/mol. The number of hydrogen-bond acceptors (Lipinski definition) is 6. The van der Waals surface area contributed by atoms with Crippen molar-refractivity contribution in [2.24, 2.45) is 0 Å².